The lowest BCUT2D eigenvalue weighted by atomic mass is 10.4. The van der Waals surface area contributed by atoms with Crippen molar-refractivity contribution in [3.05, 3.63) is 23.7 Å². The average molecular weight is 282 g/mol. The molecule has 3 nitrogen and oxygen atoms in total. The van der Waals surface area contributed by atoms with E-state index in [0.29, 0.717) is 0 Å². The number of nitrogens with zero attached hydrogens (tertiary/aromatic N) is 1. The predicted octanol–water partition coefficient (Wildman–Crippen LogP) is 3.11. The van der Waals surface area contributed by atoms with Gasteiger partial charge < -0.3 is 14.6 Å². The van der Waals surface area contributed by atoms with Crippen LogP contribution in [-0.4, -0.2) is 36.3 Å². The molecule has 0 aromatic carbocycles. The molecule has 1 aliphatic carbocycles. The number of hydrogen-bond donors (Lipinski definition) is 1. The first-order chi connectivity index (χ1) is 9.31. The van der Waals surface area contributed by atoms with Crippen LogP contribution in [0.5, 0.6) is 0 Å². The van der Waals surface area contributed by atoms with Gasteiger partial charge in [-0.2, -0.15) is 11.8 Å². The summed E-state index contributed by atoms with van der Waals surface area (Å²) in [5.74, 6) is 4.35. The minimum absolute atomic E-state index is 0.747. The van der Waals surface area contributed by atoms with Crippen molar-refractivity contribution < 1.29 is 4.42 Å². The number of nitrogens with one attached hydrogen (secondary N) is 1. The van der Waals surface area contributed by atoms with Crippen molar-refractivity contribution >= 4 is 11.8 Å². The molecule has 1 aromatic heterocycles. The van der Waals surface area contributed by atoms with E-state index in [9.17, 15) is 0 Å². The van der Waals surface area contributed by atoms with E-state index in [-0.39, 0.29) is 0 Å². The Balaban J connectivity index is 1.59. The zero-order valence-corrected chi connectivity index (χ0v) is 13.0. The Morgan fingerprint density at radius 3 is 2.68 bits per heavy atom. The van der Waals surface area contributed by atoms with Crippen molar-refractivity contribution in [3.8, 4) is 0 Å². The first kappa shape index (κ1) is 14.9. The maximum atomic E-state index is 5.82. The normalized spacial score (nSPS) is 15.3. The minimum Gasteiger partial charge on any atom is -0.464 e. The molecule has 0 spiro atoms. The molecule has 0 bridgehead atoms. The molecular weight excluding hydrogens is 256 g/mol. The molecule has 1 N–H and O–H groups in total. The Hall–Kier alpha value is -0.450. The van der Waals surface area contributed by atoms with Gasteiger partial charge in [0.1, 0.15) is 11.5 Å². The lowest BCUT2D eigenvalue weighted by Crippen LogP contribution is -2.25. The summed E-state index contributed by atoms with van der Waals surface area (Å²) in [6.07, 6.45) is 2.66. The molecule has 0 amide bonds. The van der Waals surface area contributed by atoms with E-state index in [0.717, 1.165) is 42.9 Å². The van der Waals surface area contributed by atoms with Crippen molar-refractivity contribution in [2.75, 3.05) is 25.4 Å². The first-order valence-corrected chi connectivity index (χ1v) is 8.58. The maximum absolute atomic E-state index is 5.82. The molecule has 1 aliphatic rings. The molecule has 1 heterocycles. The van der Waals surface area contributed by atoms with Gasteiger partial charge in [-0.15, -0.1) is 0 Å². The lowest BCUT2D eigenvalue weighted by Gasteiger charge is -2.16. The molecule has 0 atom stereocenters. The molecule has 0 unspecified atom stereocenters. The van der Waals surface area contributed by atoms with Gasteiger partial charge in [0.2, 0.25) is 0 Å². The molecule has 0 saturated heterocycles. The number of rotatable bonds is 10. The second kappa shape index (κ2) is 7.98. The van der Waals surface area contributed by atoms with Gasteiger partial charge in [0.15, 0.2) is 0 Å². The highest BCUT2D eigenvalue weighted by Gasteiger charge is 2.20. The van der Waals surface area contributed by atoms with Crippen LogP contribution in [0.25, 0.3) is 0 Å². The Labute approximate surface area is 121 Å². The molecule has 1 saturated carbocycles. The van der Waals surface area contributed by atoms with Gasteiger partial charge in [0, 0.05) is 18.3 Å². The van der Waals surface area contributed by atoms with E-state index >= 15 is 0 Å². The molecule has 108 valence electrons. The summed E-state index contributed by atoms with van der Waals surface area (Å²) in [6, 6.07) is 4.97. The third-order valence-electron chi connectivity index (χ3n) is 3.55. The summed E-state index contributed by atoms with van der Waals surface area (Å²) in [5, 5.41) is 3.48. The summed E-state index contributed by atoms with van der Waals surface area (Å²) in [6.45, 7) is 8.80. The number of furan rings is 1. The quantitative estimate of drug-likeness (QED) is 0.668. The summed E-state index contributed by atoms with van der Waals surface area (Å²) in [5.41, 5.74) is 0. The van der Waals surface area contributed by atoms with Crippen LogP contribution in [0.2, 0.25) is 0 Å². The van der Waals surface area contributed by atoms with Crippen LogP contribution < -0.4 is 5.32 Å². The average Bonchev–Trinajstić information content (AvgIpc) is 3.16. The predicted molar refractivity (Wildman–Crippen MR) is 82.5 cm³/mol. The Kier molecular flexibility index (Phi) is 6.28. The summed E-state index contributed by atoms with van der Waals surface area (Å²) in [4.78, 5) is 2.46. The monoisotopic (exact) mass is 282 g/mol. The molecule has 1 fully saturated rings. The summed E-state index contributed by atoms with van der Waals surface area (Å²) in [7, 11) is 0. The Bertz CT molecular complexity index is 359. The third kappa shape index (κ3) is 5.59. The Morgan fingerprint density at radius 2 is 2.00 bits per heavy atom. The van der Waals surface area contributed by atoms with E-state index in [1.807, 2.05) is 11.8 Å². The van der Waals surface area contributed by atoms with Crippen LogP contribution in [0.4, 0.5) is 0 Å². The largest absolute Gasteiger partial charge is 0.464 e. The smallest absolute Gasteiger partial charge is 0.118 e. The molecule has 1 aromatic rings. The van der Waals surface area contributed by atoms with Gasteiger partial charge in [-0.3, -0.25) is 0 Å². The molecule has 0 aliphatic heterocycles. The van der Waals surface area contributed by atoms with Crippen LogP contribution in [0.15, 0.2) is 16.5 Å². The van der Waals surface area contributed by atoms with Crippen LogP contribution in [0.1, 0.15) is 38.2 Å². The van der Waals surface area contributed by atoms with Gasteiger partial charge in [0.05, 0.1) is 12.3 Å². The fourth-order valence-electron chi connectivity index (χ4n) is 2.03. The summed E-state index contributed by atoms with van der Waals surface area (Å²) >= 11 is 1.96. The third-order valence-corrected chi connectivity index (χ3v) is 4.51. The van der Waals surface area contributed by atoms with Crippen molar-refractivity contribution in [2.24, 2.45) is 0 Å². The highest BCUT2D eigenvalue weighted by molar-refractivity contribution is 7.98. The van der Waals surface area contributed by atoms with E-state index in [1.165, 1.54) is 25.1 Å². The topological polar surface area (TPSA) is 28.4 Å². The van der Waals surface area contributed by atoms with Crippen molar-refractivity contribution in [3.63, 3.8) is 0 Å². The van der Waals surface area contributed by atoms with E-state index < -0.39 is 0 Å². The maximum Gasteiger partial charge on any atom is 0.118 e. The first-order valence-electron chi connectivity index (χ1n) is 7.43. The molecule has 0 radical (unpaired) electrons. The van der Waals surface area contributed by atoms with Gasteiger partial charge in [-0.1, -0.05) is 13.8 Å². The second-order valence-electron chi connectivity index (χ2n) is 5.10. The SMILES string of the molecule is CCN(CC)CCSCc1ccc(CNC2CC2)o1. The number of thioether (sulfide) groups is 1. The highest BCUT2D eigenvalue weighted by atomic mass is 32.2. The summed E-state index contributed by atoms with van der Waals surface area (Å²) < 4.78 is 5.82. The van der Waals surface area contributed by atoms with Crippen LogP contribution in [0, 0.1) is 0 Å². The van der Waals surface area contributed by atoms with E-state index in [2.05, 4.69) is 36.2 Å². The van der Waals surface area contributed by atoms with Crippen LogP contribution in [-0.2, 0) is 12.3 Å². The molecule has 19 heavy (non-hydrogen) atoms. The minimum atomic E-state index is 0.747. The number of hydrogen-bond acceptors (Lipinski definition) is 4. The standard InChI is InChI=1S/C15H26N2OS/c1-3-17(4-2)9-10-19-12-15-8-7-14(18-15)11-16-13-5-6-13/h7-8,13,16H,3-6,9-12H2,1-2H3. The fraction of sp³-hybridized carbons (Fsp3) is 0.733. The van der Waals surface area contributed by atoms with Gasteiger partial charge in [-0.25, -0.2) is 0 Å². The fourth-order valence-corrected chi connectivity index (χ4v) is 2.92. The zero-order valence-electron chi connectivity index (χ0n) is 12.2. The van der Waals surface area contributed by atoms with E-state index in [1.54, 1.807) is 0 Å². The highest BCUT2D eigenvalue weighted by Crippen LogP contribution is 2.20. The zero-order chi connectivity index (χ0) is 13.5. The van der Waals surface area contributed by atoms with Crippen molar-refractivity contribution in [1.82, 2.24) is 10.2 Å². The van der Waals surface area contributed by atoms with Crippen LogP contribution in [0.3, 0.4) is 0 Å². The van der Waals surface area contributed by atoms with Gasteiger partial charge in [0.25, 0.3) is 0 Å². The van der Waals surface area contributed by atoms with Crippen LogP contribution >= 0.6 is 11.8 Å². The molecule has 4 heteroatoms. The molecule has 2 rings (SSSR count). The van der Waals surface area contributed by atoms with Crippen molar-refractivity contribution in [1.29, 1.82) is 0 Å². The Morgan fingerprint density at radius 1 is 1.26 bits per heavy atom. The lowest BCUT2D eigenvalue weighted by molar-refractivity contribution is 0.324. The second-order valence-corrected chi connectivity index (χ2v) is 6.21. The molecular formula is C15H26N2OS. The van der Waals surface area contributed by atoms with E-state index in [4.69, 9.17) is 4.42 Å². The van der Waals surface area contributed by atoms with Gasteiger partial charge in [-0.05, 0) is 38.1 Å². The van der Waals surface area contributed by atoms with Crippen molar-refractivity contribution in [2.45, 2.75) is 45.0 Å². The van der Waals surface area contributed by atoms with Gasteiger partial charge >= 0.3 is 0 Å².